The van der Waals surface area contributed by atoms with Gasteiger partial charge in [0.25, 0.3) is 0 Å². The number of halogens is 3. The standard InChI is InChI=1S/C43H58N8O3.C2HF3O2/c44-39(45)34-25-23-29(24-26-34)28-35(30-14-5-1-6-15-30)40(52)51-38(33-20-11-4-12-21-33)42(54)49-36(22-13-27-48-43(46)47)41(53)50-37(31-16-7-2-8-17-31)32-18-9-3-10-19-32;3-2(4,5)1(6)7/h2-3,7-10,16-19,23-26,30,33,35-38H,1,4-6,11-15,20-22,27-28H2,(H3,44,45)(H,49,54)(H,50,53)(H,51,52)(H4,46,47,48);(H,6,7). The number of rotatable bonds is 17. The van der Waals surface area contributed by atoms with Crippen LogP contribution in [-0.4, -0.2) is 65.4 Å². The van der Waals surface area contributed by atoms with Crippen molar-refractivity contribution in [1.29, 1.82) is 5.41 Å². The number of nitrogen functional groups attached to an aromatic ring is 1. The van der Waals surface area contributed by atoms with E-state index >= 15 is 0 Å². The Morgan fingerprint density at radius 3 is 1.69 bits per heavy atom. The van der Waals surface area contributed by atoms with E-state index in [0.717, 1.165) is 80.9 Å². The minimum Gasteiger partial charge on any atom is -0.475 e. The lowest BCUT2D eigenvalue weighted by Crippen LogP contribution is -2.57. The number of benzene rings is 3. The van der Waals surface area contributed by atoms with E-state index in [1.54, 1.807) is 0 Å². The highest BCUT2D eigenvalue weighted by molar-refractivity contribution is 5.95. The maximum atomic E-state index is 14.5. The highest BCUT2D eigenvalue weighted by atomic mass is 19.4. The Labute approximate surface area is 355 Å². The van der Waals surface area contributed by atoms with Crippen molar-refractivity contribution in [2.75, 3.05) is 6.54 Å². The molecule has 11 N–H and O–H groups in total. The third-order valence-corrected chi connectivity index (χ3v) is 11.4. The lowest BCUT2D eigenvalue weighted by molar-refractivity contribution is -0.192. The number of carboxylic acid groups (broad SMARTS) is 1. The third kappa shape index (κ3) is 15.6. The van der Waals surface area contributed by atoms with Gasteiger partial charge in [0.2, 0.25) is 17.7 Å². The van der Waals surface area contributed by atoms with E-state index in [1.807, 2.05) is 84.9 Å². The van der Waals surface area contributed by atoms with Crippen molar-refractivity contribution in [3.05, 3.63) is 107 Å². The van der Waals surface area contributed by atoms with Crippen LogP contribution in [0.25, 0.3) is 0 Å². The summed E-state index contributed by atoms with van der Waals surface area (Å²) in [5, 5.41) is 24.5. The summed E-state index contributed by atoms with van der Waals surface area (Å²) in [7, 11) is 0. The van der Waals surface area contributed by atoms with Crippen molar-refractivity contribution in [1.82, 2.24) is 16.0 Å². The van der Waals surface area contributed by atoms with Gasteiger partial charge in [-0.25, -0.2) is 4.79 Å². The molecule has 330 valence electrons. The Morgan fingerprint density at radius 2 is 1.21 bits per heavy atom. The molecule has 0 aliphatic heterocycles. The zero-order valence-corrected chi connectivity index (χ0v) is 34.3. The first-order valence-electron chi connectivity index (χ1n) is 20.9. The van der Waals surface area contributed by atoms with Gasteiger partial charge in [0.05, 0.1) is 6.04 Å². The second kappa shape index (κ2) is 23.8. The van der Waals surface area contributed by atoms with Crippen molar-refractivity contribution in [3.8, 4) is 0 Å². The second-order valence-corrected chi connectivity index (χ2v) is 15.8. The first-order valence-corrected chi connectivity index (χ1v) is 20.9. The number of nitrogens with zero attached hydrogens (tertiary/aromatic N) is 1. The van der Waals surface area contributed by atoms with Crippen molar-refractivity contribution in [2.45, 2.75) is 108 Å². The van der Waals surface area contributed by atoms with Crippen LogP contribution in [0.3, 0.4) is 0 Å². The summed E-state index contributed by atoms with van der Waals surface area (Å²) in [5.41, 5.74) is 20.3. The van der Waals surface area contributed by atoms with E-state index in [2.05, 4.69) is 20.9 Å². The fourth-order valence-corrected chi connectivity index (χ4v) is 8.14. The van der Waals surface area contributed by atoms with Gasteiger partial charge in [-0.05, 0) is 73.5 Å². The number of amidine groups is 1. The average Bonchev–Trinajstić information content (AvgIpc) is 3.25. The lowest BCUT2D eigenvalue weighted by atomic mass is 9.76. The summed E-state index contributed by atoms with van der Waals surface area (Å²) >= 11 is 0. The fraction of sp³-hybridized carbons (Fsp3) is 0.467. The van der Waals surface area contributed by atoms with Crippen LogP contribution in [0.2, 0.25) is 0 Å². The first kappa shape index (κ1) is 47.7. The molecule has 3 unspecified atom stereocenters. The van der Waals surface area contributed by atoms with Gasteiger partial charge in [0, 0.05) is 18.0 Å². The molecule has 2 aliphatic carbocycles. The SMILES string of the molecule is N=C(N)c1ccc(CC(C(=O)NC(C(=O)NC(CCCN=C(N)N)C(=O)NC(c2ccccc2)c2ccccc2)C2CCCCC2)C2CCCCC2)cc1.O=C(O)C(F)(F)F. The van der Waals surface area contributed by atoms with E-state index in [-0.39, 0.29) is 47.3 Å². The maximum Gasteiger partial charge on any atom is 0.490 e. The predicted molar refractivity (Wildman–Crippen MR) is 228 cm³/mol. The number of guanidine groups is 1. The number of alkyl halides is 3. The van der Waals surface area contributed by atoms with Crippen LogP contribution in [0.4, 0.5) is 13.2 Å². The highest BCUT2D eigenvalue weighted by Crippen LogP contribution is 2.34. The van der Waals surface area contributed by atoms with Crippen molar-refractivity contribution < 1.29 is 37.5 Å². The van der Waals surface area contributed by atoms with Crippen molar-refractivity contribution in [3.63, 3.8) is 0 Å². The molecule has 5 rings (SSSR count). The number of carbonyl (C=O) groups excluding carboxylic acids is 3. The molecule has 2 fully saturated rings. The topological polar surface area (TPSA) is 239 Å². The van der Waals surface area contributed by atoms with Gasteiger partial charge in [-0.2, -0.15) is 13.2 Å². The van der Waals surface area contributed by atoms with E-state index in [1.165, 1.54) is 0 Å². The molecule has 2 saturated carbocycles. The number of hydrogen-bond donors (Lipinski definition) is 8. The van der Waals surface area contributed by atoms with Crippen LogP contribution in [0.15, 0.2) is 89.9 Å². The van der Waals surface area contributed by atoms with Crippen LogP contribution < -0.4 is 33.2 Å². The molecule has 0 spiro atoms. The molecule has 3 aromatic carbocycles. The molecule has 0 saturated heterocycles. The smallest absolute Gasteiger partial charge is 0.475 e. The summed E-state index contributed by atoms with van der Waals surface area (Å²) in [5.74, 6) is -3.74. The molecular weight excluding hydrogens is 790 g/mol. The van der Waals surface area contributed by atoms with Crippen LogP contribution in [0, 0.1) is 23.2 Å². The minimum atomic E-state index is -5.08. The molecule has 3 atom stereocenters. The summed E-state index contributed by atoms with van der Waals surface area (Å²) < 4.78 is 31.7. The summed E-state index contributed by atoms with van der Waals surface area (Å²) in [6.45, 7) is 0.308. The van der Waals surface area contributed by atoms with Gasteiger partial charge < -0.3 is 38.3 Å². The summed E-state index contributed by atoms with van der Waals surface area (Å²) in [6, 6.07) is 24.9. The number of nitrogens with two attached hydrogens (primary N) is 3. The Kier molecular flexibility index (Phi) is 18.6. The molecule has 2 aliphatic rings. The van der Waals surface area contributed by atoms with Crippen LogP contribution in [0.1, 0.15) is 105 Å². The molecule has 0 heterocycles. The predicted octanol–water partition coefficient (Wildman–Crippen LogP) is 5.85. The van der Waals surface area contributed by atoms with Crippen LogP contribution in [-0.2, 0) is 25.6 Å². The Balaban J connectivity index is 0.00000107. The average molecular weight is 849 g/mol. The summed E-state index contributed by atoms with van der Waals surface area (Å²) in [4.78, 5) is 56.2. The Bertz CT molecular complexity index is 1860. The van der Waals surface area contributed by atoms with Gasteiger partial charge in [-0.3, -0.25) is 24.8 Å². The number of aliphatic imine (C=N–C) groups is 1. The number of hydrogen-bond acceptors (Lipinski definition) is 6. The molecule has 61 heavy (non-hydrogen) atoms. The second-order valence-electron chi connectivity index (χ2n) is 15.8. The van der Waals surface area contributed by atoms with Crippen molar-refractivity contribution >= 4 is 35.5 Å². The monoisotopic (exact) mass is 848 g/mol. The molecule has 0 aromatic heterocycles. The molecular formula is C45H59F3N8O5. The van der Waals surface area contributed by atoms with Gasteiger partial charge in [0.15, 0.2) is 5.96 Å². The number of amides is 3. The summed E-state index contributed by atoms with van der Waals surface area (Å²) in [6.07, 6.45) is 6.16. The molecule has 13 nitrogen and oxygen atoms in total. The van der Waals surface area contributed by atoms with E-state index in [0.29, 0.717) is 31.4 Å². The number of aliphatic carboxylic acids is 1. The van der Waals surface area contributed by atoms with Crippen molar-refractivity contribution in [2.24, 2.45) is 39.9 Å². The molecule has 3 amide bonds. The molecule has 3 aromatic rings. The lowest BCUT2D eigenvalue weighted by Gasteiger charge is -2.35. The van der Waals surface area contributed by atoms with E-state index in [9.17, 15) is 27.6 Å². The molecule has 16 heteroatoms. The van der Waals surface area contributed by atoms with Gasteiger partial charge in [-0.15, -0.1) is 0 Å². The van der Waals surface area contributed by atoms with Gasteiger partial charge in [0.1, 0.15) is 17.9 Å². The zero-order valence-electron chi connectivity index (χ0n) is 34.3. The zero-order chi connectivity index (χ0) is 44.4. The van der Waals surface area contributed by atoms with Crippen LogP contribution >= 0.6 is 0 Å². The quantitative estimate of drug-likeness (QED) is 0.0465. The Hall–Kier alpha value is -5.93. The largest absolute Gasteiger partial charge is 0.490 e. The van der Waals surface area contributed by atoms with E-state index < -0.39 is 30.3 Å². The molecule has 0 bridgehead atoms. The third-order valence-electron chi connectivity index (χ3n) is 11.4. The van der Waals surface area contributed by atoms with Gasteiger partial charge >= 0.3 is 12.1 Å². The maximum absolute atomic E-state index is 14.5. The molecule has 0 radical (unpaired) electrons. The number of nitrogens with one attached hydrogen (secondary N) is 4. The normalized spacial score (nSPS) is 16.1. The number of carboxylic acids is 1. The minimum absolute atomic E-state index is 0.00309. The van der Waals surface area contributed by atoms with Crippen LogP contribution in [0.5, 0.6) is 0 Å². The first-order chi connectivity index (χ1) is 29.1. The highest BCUT2D eigenvalue weighted by Gasteiger charge is 2.39. The van der Waals surface area contributed by atoms with E-state index in [4.69, 9.17) is 32.5 Å². The fourth-order valence-electron chi connectivity index (χ4n) is 8.14. The van der Waals surface area contributed by atoms with Gasteiger partial charge in [-0.1, -0.05) is 123 Å². The Morgan fingerprint density at radius 1 is 0.705 bits per heavy atom. The number of carbonyl (C=O) groups is 4.